The second kappa shape index (κ2) is 5.36. The fraction of sp³-hybridized carbons (Fsp3) is 0. The van der Waals surface area contributed by atoms with E-state index in [2.05, 4.69) is 15.5 Å². The van der Waals surface area contributed by atoms with Gasteiger partial charge < -0.3 is 4.84 Å². The Hall–Kier alpha value is -2.95. The molecule has 2 amide bonds. The molecule has 0 radical (unpaired) electrons. The molecule has 0 saturated heterocycles. The third-order valence-corrected chi connectivity index (χ3v) is 2.73. The van der Waals surface area contributed by atoms with E-state index in [9.17, 15) is 4.79 Å². The second-order valence-electron chi connectivity index (χ2n) is 4.09. The summed E-state index contributed by atoms with van der Waals surface area (Å²) in [5.41, 5.74) is 3.77. The molecule has 2 aliphatic heterocycles. The number of rotatable bonds is 0. The number of benzene rings is 2. The van der Waals surface area contributed by atoms with E-state index in [4.69, 9.17) is 4.84 Å². The number of nitrogens with one attached hydrogen (secondary N) is 1. The van der Waals surface area contributed by atoms with E-state index in [0.29, 0.717) is 10.7 Å². The molecule has 98 valence electrons. The molecule has 0 unspecified atom stereocenters. The molecule has 4 rings (SSSR count). The van der Waals surface area contributed by atoms with Crippen LogP contribution in [0.2, 0.25) is 0 Å². The van der Waals surface area contributed by atoms with Crippen molar-refractivity contribution in [2.24, 2.45) is 9.98 Å². The lowest BCUT2D eigenvalue weighted by Gasteiger charge is -2.11. The minimum Gasteiger partial charge on any atom is -0.382 e. The largest absolute Gasteiger partial charge is 0.382 e. The number of carbonyl (C=O) groups is 1. The maximum Gasteiger partial charge on any atom is 0.368 e. The van der Waals surface area contributed by atoms with Crippen LogP contribution in [0.5, 0.6) is 5.75 Å². The lowest BCUT2D eigenvalue weighted by Crippen LogP contribution is -2.19. The predicted octanol–water partition coefficient (Wildman–Crippen LogP) is 1.61. The molecule has 2 aromatic carbocycles. The van der Waals surface area contributed by atoms with Crippen LogP contribution in [0, 0.1) is 0 Å². The van der Waals surface area contributed by atoms with Gasteiger partial charge >= 0.3 is 6.03 Å². The first-order valence-electron chi connectivity index (χ1n) is 6.07. The van der Waals surface area contributed by atoms with E-state index < -0.39 is 6.03 Å². The van der Waals surface area contributed by atoms with E-state index >= 15 is 0 Å². The summed E-state index contributed by atoms with van der Waals surface area (Å²) < 4.78 is 0. The van der Waals surface area contributed by atoms with Gasteiger partial charge in [-0.3, -0.25) is 0 Å². The summed E-state index contributed by atoms with van der Waals surface area (Å²) >= 11 is 0. The van der Waals surface area contributed by atoms with Crippen LogP contribution in [-0.2, 0) is 0 Å². The minimum atomic E-state index is -0.402. The van der Waals surface area contributed by atoms with Crippen molar-refractivity contribution >= 4 is 12.1 Å². The second-order valence-corrected chi connectivity index (χ2v) is 4.09. The summed E-state index contributed by atoms with van der Waals surface area (Å²) in [6.07, 6.45) is 3.74. The van der Waals surface area contributed by atoms with Gasteiger partial charge in [-0.05, 0) is 24.3 Å². The van der Waals surface area contributed by atoms with Crippen molar-refractivity contribution in [3.63, 3.8) is 0 Å². The van der Waals surface area contributed by atoms with Crippen LogP contribution in [0.15, 0.2) is 64.7 Å². The Kier molecular flexibility index (Phi) is 3.24. The average molecular weight is 265 g/mol. The van der Waals surface area contributed by atoms with Crippen LogP contribution in [0.1, 0.15) is 5.56 Å². The summed E-state index contributed by atoms with van der Waals surface area (Å²) in [6, 6.07) is 14.7. The summed E-state index contributed by atoms with van der Waals surface area (Å²) in [5, 5.41) is 1.35. The van der Waals surface area contributed by atoms with Gasteiger partial charge in [0.15, 0.2) is 5.75 Å². The molecule has 0 atom stereocenters. The zero-order valence-electron chi connectivity index (χ0n) is 10.5. The van der Waals surface area contributed by atoms with Gasteiger partial charge in [0, 0.05) is 11.8 Å². The lowest BCUT2D eigenvalue weighted by molar-refractivity contribution is 0.239. The molecule has 0 bridgehead atoms. The Morgan fingerprint density at radius 3 is 2.25 bits per heavy atom. The van der Waals surface area contributed by atoms with Gasteiger partial charge in [0.05, 0.1) is 10.7 Å². The summed E-state index contributed by atoms with van der Waals surface area (Å²) in [6.45, 7) is 0. The fourth-order valence-corrected chi connectivity index (χ4v) is 1.82. The zero-order valence-corrected chi connectivity index (χ0v) is 10.5. The molecule has 0 fully saturated rings. The van der Waals surface area contributed by atoms with Crippen LogP contribution < -0.4 is 21.0 Å². The van der Waals surface area contributed by atoms with E-state index in [1.165, 1.54) is 0 Å². The summed E-state index contributed by atoms with van der Waals surface area (Å²) in [4.78, 5) is 22.9. The van der Waals surface area contributed by atoms with Gasteiger partial charge in [-0.25, -0.2) is 10.3 Å². The van der Waals surface area contributed by atoms with Crippen LogP contribution in [0.25, 0.3) is 6.08 Å². The average Bonchev–Trinajstić information content (AvgIpc) is 2.88. The molecule has 20 heavy (non-hydrogen) atoms. The highest BCUT2D eigenvalue weighted by Crippen LogP contribution is 2.20. The van der Waals surface area contributed by atoms with Crippen molar-refractivity contribution in [3.8, 4) is 5.75 Å². The van der Waals surface area contributed by atoms with Crippen LogP contribution in [0.4, 0.5) is 4.79 Å². The molecule has 2 heterocycles. The normalized spacial score (nSPS) is 13.5. The number of fused-ring (bicyclic) bond motifs is 2. The monoisotopic (exact) mass is 265 g/mol. The molecular formula is C15H11N3O2. The quantitative estimate of drug-likeness (QED) is 0.787. The van der Waals surface area contributed by atoms with Gasteiger partial charge in [-0.2, -0.15) is 9.98 Å². The van der Waals surface area contributed by atoms with Gasteiger partial charge in [-0.15, -0.1) is 0 Å². The Balaban J connectivity index is 0.000000121. The van der Waals surface area contributed by atoms with Crippen molar-refractivity contribution in [3.05, 3.63) is 71.0 Å². The van der Waals surface area contributed by atoms with Gasteiger partial charge in [0.25, 0.3) is 0 Å². The Morgan fingerprint density at radius 1 is 0.900 bits per heavy atom. The van der Waals surface area contributed by atoms with Gasteiger partial charge in [0.2, 0.25) is 0 Å². The number of hydrogen-bond donors (Lipinski definition) is 1. The number of nitrogens with zero attached hydrogens (tertiary/aromatic N) is 2. The molecule has 2 aliphatic rings. The number of para-hydroxylation sites is 3. The molecule has 1 N–H and O–H groups in total. The Labute approximate surface area is 114 Å². The highest BCUT2D eigenvalue weighted by molar-refractivity contribution is 5.77. The first-order valence-corrected chi connectivity index (χ1v) is 6.07. The van der Waals surface area contributed by atoms with E-state index in [1.807, 2.05) is 42.5 Å². The highest BCUT2D eigenvalue weighted by Gasteiger charge is 2.02. The van der Waals surface area contributed by atoms with E-state index in [1.54, 1.807) is 18.3 Å². The smallest absolute Gasteiger partial charge is 0.368 e. The van der Waals surface area contributed by atoms with Crippen LogP contribution in [-0.4, -0.2) is 6.03 Å². The Bertz CT molecular complexity index is 760. The van der Waals surface area contributed by atoms with Crippen LogP contribution >= 0.6 is 0 Å². The minimum absolute atomic E-state index is 0.402. The molecular weight excluding hydrogens is 254 g/mol. The molecule has 0 aliphatic carbocycles. The van der Waals surface area contributed by atoms with Crippen LogP contribution in [0.3, 0.4) is 0 Å². The van der Waals surface area contributed by atoms with Gasteiger partial charge in [-0.1, -0.05) is 30.3 Å². The van der Waals surface area contributed by atoms with E-state index in [0.717, 1.165) is 11.3 Å². The number of amides is 2. The van der Waals surface area contributed by atoms with Crippen molar-refractivity contribution < 1.29 is 9.63 Å². The standard InChI is InChI=1S/C8H7NO.C7H4N2O/c1-2-4-8-7(3-1)5-6-9-10-8;10-7-8-5-3-1-2-4-6(5)9-7/h1-6,9H;1-4H. The topological polar surface area (TPSA) is 63.0 Å². The molecule has 0 aromatic heterocycles. The van der Waals surface area contributed by atoms with Crippen molar-refractivity contribution in [2.75, 3.05) is 0 Å². The lowest BCUT2D eigenvalue weighted by atomic mass is 10.2. The summed E-state index contributed by atoms with van der Waals surface area (Å²) in [5.74, 6) is 0.880. The van der Waals surface area contributed by atoms with Crippen molar-refractivity contribution in [2.45, 2.75) is 0 Å². The number of urea groups is 1. The predicted molar refractivity (Wildman–Crippen MR) is 73.4 cm³/mol. The summed E-state index contributed by atoms with van der Waals surface area (Å²) in [7, 11) is 0. The zero-order chi connectivity index (χ0) is 13.8. The third-order valence-electron chi connectivity index (χ3n) is 2.73. The SMILES string of the molecule is C1=Cc2ccccc2ON1.O=C1N=c2ccccc2=N1. The maximum atomic E-state index is 10.6. The van der Waals surface area contributed by atoms with E-state index in [-0.39, 0.29) is 0 Å². The van der Waals surface area contributed by atoms with Crippen molar-refractivity contribution in [1.29, 1.82) is 0 Å². The third kappa shape index (κ3) is 2.56. The Morgan fingerprint density at radius 2 is 1.55 bits per heavy atom. The fourth-order valence-electron chi connectivity index (χ4n) is 1.82. The first kappa shape index (κ1) is 12.1. The number of carbonyl (C=O) groups excluding carboxylic acids is 1. The molecule has 5 heteroatoms. The van der Waals surface area contributed by atoms with Crippen molar-refractivity contribution in [1.82, 2.24) is 5.48 Å². The molecule has 0 spiro atoms. The number of hydroxylamine groups is 1. The van der Waals surface area contributed by atoms with Gasteiger partial charge in [0.1, 0.15) is 0 Å². The molecule has 2 aromatic rings. The number of hydrogen-bond acceptors (Lipinski definition) is 3. The maximum absolute atomic E-state index is 10.6. The first-order chi connectivity index (χ1) is 9.83. The molecule has 0 saturated carbocycles. The molecule has 5 nitrogen and oxygen atoms in total. The highest BCUT2D eigenvalue weighted by atomic mass is 16.6.